The van der Waals surface area contributed by atoms with Crippen molar-refractivity contribution in [2.45, 2.75) is 26.1 Å². The van der Waals surface area contributed by atoms with Gasteiger partial charge in [-0.1, -0.05) is 47.5 Å². The lowest BCUT2D eigenvalue weighted by Crippen LogP contribution is -1.97. The predicted octanol–water partition coefficient (Wildman–Crippen LogP) is 5.59. The summed E-state index contributed by atoms with van der Waals surface area (Å²) >= 11 is 12.7. The summed E-state index contributed by atoms with van der Waals surface area (Å²) in [6.07, 6.45) is 0. The molecule has 0 nitrogen and oxygen atoms in total. The van der Waals surface area contributed by atoms with Crippen LogP contribution in [0, 0.1) is 20.8 Å². The maximum Gasteiger partial charge on any atom is 0.0838 e. The number of rotatable bonds is 2. The van der Waals surface area contributed by atoms with Crippen molar-refractivity contribution in [1.29, 1.82) is 0 Å². The molecule has 0 radical (unpaired) electrons. The zero-order chi connectivity index (χ0) is 13.3. The maximum atomic E-state index is 6.55. The van der Waals surface area contributed by atoms with E-state index >= 15 is 0 Å². The summed E-state index contributed by atoms with van der Waals surface area (Å²) in [5.41, 5.74) is 5.72. The molecule has 0 aliphatic carbocycles. The summed E-state index contributed by atoms with van der Waals surface area (Å²) in [5.74, 6) is 0. The molecule has 0 bridgehead atoms. The lowest BCUT2D eigenvalue weighted by atomic mass is 9.98. The van der Waals surface area contributed by atoms with E-state index in [0.29, 0.717) is 0 Å². The lowest BCUT2D eigenvalue weighted by molar-refractivity contribution is 1.10. The minimum absolute atomic E-state index is 0.149. The molecule has 0 heterocycles. The SMILES string of the molecule is Cc1ccc(C(Cl)c2ccc(C)c(Cl)c2)c(C)c1. The summed E-state index contributed by atoms with van der Waals surface area (Å²) in [7, 11) is 0. The van der Waals surface area contributed by atoms with Crippen molar-refractivity contribution in [3.63, 3.8) is 0 Å². The zero-order valence-electron chi connectivity index (χ0n) is 10.8. The van der Waals surface area contributed by atoms with Crippen LogP contribution in [0.2, 0.25) is 5.02 Å². The second kappa shape index (κ2) is 5.34. The van der Waals surface area contributed by atoms with E-state index in [2.05, 4.69) is 32.0 Å². The highest BCUT2D eigenvalue weighted by molar-refractivity contribution is 6.31. The highest BCUT2D eigenvalue weighted by Gasteiger charge is 2.14. The Hall–Kier alpha value is -0.980. The molecule has 1 unspecified atom stereocenters. The second-order valence-corrected chi connectivity index (χ2v) is 5.57. The van der Waals surface area contributed by atoms with Crippen LogP contribution in [0.15, 0.2) is 36.4 Å². The van der Waals surface area contributed by atoms with Gasteiger partial charge in [-0.25, -0.2) is 0 Å². The van der Waals surface area contributed by atoms with Gasteiger partial charge in [0.1, 0.15) is 0 Å². The van der Waals surface area contributed by atoms with Crippen LogP contribution in [-0.4, -0.2) is 0 Å². The summed E-state index contributed by atoms with van der Waals surface area (Å²) in [4.78, 5) is 0. The Kier molecular flexibility index (Phi) is 3.99. The molecule has 2 aromatic carbocycles. The highest BCUT2D eigenvalue weighted by atomic mass is 35.5. The van der Waals surface area contributed by atoms with Crippen LogP contribution in [0.4, 0.5) is 0 Å². The Bertz CT molecular complexity index is 573. The molecular weight excluding hydrogens is 263 g/mol. The quantitative estimate of drug-likeness (QED) is 0.628. The number of hydrogen-bond donors (Lipinski definition) is 0. The normalized spacial score (nSPS) is 12.5. The molecule has 0 amide bonds. The van der Waals surface area contributed by atoms with Gasteiger partial charge in [0.25, 0.3) is 0 Å². The number of halogens is 2. The van der Waals surface area contributed by atoms with Gasteiger partial charge in [-0.2, -0.15) is 0 Å². The van der Waals surface area contributed by atoms with Crippen LogP contribution in [-0.2, 0) is 0 Å². The summed E-state index contributed by atoms with van der Waals surface area (Å²) in [5, 5.41) is 0.617. The van der Waals surface area contributed by atoms with Gasteiger partial charge in [-0.3, -0.25) is 0 Å². The van der Waals surface area contributed by atoms with Crippen LogP contribution < -0.4 is 0 Å². The molecule has 0 fully saturated rings. The van der Waals surface area contributed by atoms with Crippen LogP contribution >= 0.6 is 23.2 Å². The molecule has 2 heteroatoms. The van der Waals surface area contributed by atoms with Gasteiger partial charge >= 0.3 is 0 Å². The third kappa shape index (κ3) is 2.71. The molecule has 0 aliphatic heterocycles. The van der Waals surface area contributed by atoms with Gasteiger partial charge in [0.05, 0.1) is 5.38 Å². The Morgan fingerprint density at radius 3 is 2.22 bits per heavy atom. The largest absolute Gasteiger partial charge is 0.113 e. The Morgan fingerprint density at radius 1 is 0.889 bits per heavy atom. The van der Waals surface area contributed by atoms with Crippen molar-refractivity contribution in [3.05, 3.63) is 69.2 Å². The smallest absolute Gasteiger partial charge is 0.0838 e. The lowest BCUT2D eigenvalue weighted by Gasteiger charge is -2.14. The van der Waals surface area contributed by atoms with Crippen LogP contribution in [0.1, 0.15) is 33.2 Å². The van der Waals surface area contributed by atoms with Gasteiger partial charge < -0.3 is 0 Å². The minimum atomic E-state index is -0.149. The molecule has 18 heavy (non-hydrogen) atoms. The third-order valence-electron chi connectivity index (χ3n) is 3.19. The van der Waals surface area contributed by atoms with Crippen molar-refractivity contribution in [2.24, 2.45) is 0 Å². The Morgan fingerprint density at radius 2 is 1.61 bits per heavy atom. The topological polar surface area (TPSA) is 0 Å². The van der Waals surface area contributed by atoms with Crippen molar-refractivity contribution >= 4 is 23.2 Å². The van der Waals surface area contributed by atoms with E-state index in [0.717, 1.165) is 21.7 Å². The molecule has 2 rings (SSSR count). The predicted molar refractivity (Wildman–Crippen MR) is 79.8 cm³/mol. The van der Waals surface area contributed by atoms with Crippen molar-refractivity contribution < 1.29 is 0 Å². The molecule has 94 valence electrons. The first-order valence-corrected chi connectivity index (χ1v) is 6.78. The Balaban J connectivity index is 2.41. The van der Waals surface area contributed by atoms with E-state index in [1.165, 1.54) is 11.1 Å². The first-order valence-electron chi connectivity index (χ1n) is 5.96. The molecular formula is C16H16Cl2. The molecule has 0 aliphatic rings. The highest BCUT2D eigenvalue weighted by Crippen LogP contribution is 2.33. The van der Waals surface area contributed by atoms with Crippen molar-refractivity contribution in [3.8, 4) is 0 Å². The fourth-order valence-corrected chi connectivity index (χ4v) is 2.63. The summed E-state index contributed by atoms with van der Waals surface area (Å²) in [6, 6.07) is 12.3. The first kappa shape index (κ1) is 13.5. The first-order chi connectivity index (χ1) is 8.49. The van der Waals surface area contributed by atoms with Crippen molar-refractivity contribution in [2.75, 3.05) is 0 Å². The summed E-state index contributed by atoms with van der Waals surface area (Å²) < 4.78 is 0. The van der Waals surface area contributed by atoms with Gasteiger partial charge in [0.2, 0.25) is 0 Å². The molecule has 0 saturated carbocycles. The van der Waals surface area contributed by atoms with Crippen LogP contribution in [0.25, 0.3) is 0 Å². The van der Waals surface area contributed by atoms with E-state index in [9.17, 15) is 0 Å². The number of hydrogen-bond acceptors (Lipinski definition) is 0. The van der Waals surface area contributed by atoms with E-state index in [4.69, 9.17) is 23.2 Å². The van der Waals surface area contributed by atoms with E-state index < -0.39 is 0 Å². The molecule has 0 saturated heterocycles. The van der Waals surface area contributed by atoms with Crippen LogP contribution in [0.3, 0.4) is 0 Å². The molecule has 2 aromatic rings. The zero-order valence-corrected chi connectivity index (χ0v) is 12.3. The molecule has 0 spiro atoms. The fourth-order valence-electron chi connectivity index (χ4n) is 2.06. The summed E-state index contributed by atoms with van der Waals surface area (Å²) in [6.45, 7) is 6.17. The fraction of sp³-hybridized carbons (Fsp3) is 0.250. The monoisotopic (exact) mass is 278 g/mol. The Labute approximate surface area is 119 Å². The molecule has 0 N–H and O–H groups in total. The van der Waals surface area contributed by atoms with E-state index in [1.807, 2.05) is 25.1 Å². The minimum Gasteiger partial charge on any atom is -0.113 e. The average molecular weight is 279 g/mol. The van der Waals surface area contributed by atoms with Gasteiger partial charge in [0.15, 0.2) is 0 Å². The van der Waals surface area contributed by atoms with Crippen LogP contribution in [0.5, 0.6) is 0 Å². The number of alkyl halides is 1. The van der Waals surface area contributed by atoms with Gasteiger partial charge in [-0.15, -0.1) is 11.6 Å². The molecule has 1 atom stereocenters. The van der Waals surface area contributed by atoms with E-state index in [1.54, 1.807) is 0 Å². The number of aryl methyl sites for hydroxylation is 3. The van der Waals surface area contributed by atoms with Gasteiger partial charge in [-0.05, 0) is 49.1 Å². The van der Waals surface area contributed by atoms with Gasteiger partial charge in [0, 0.05) is 5.02 Å². The number of benzene rings is 2. The standard InChI is InChI=1S/C16H16Cl2/c1-10-4-7-14(12(3)8-10)16(18)13-6-5-11(2)15(17)9-13/h4-9,16H,1-3H3. The third-order valence-corrected chi connectivity index (χ3v) is 4.08. The molecule has 0 aromatic heterocycles. The second-order valence-electron chi connectivity index (χ2n) is 4.73. The van der Waals surface area contributed by atoms with Crippen molar-refractivity contribution in [1.82, 2.24) is 0 Å². The van der Waals surface area contributed by atoms with E-state index in [-0.39, 0.29) is 5.38 Å². The maximum absolute atomic E-state index is 6.55. The average Bonchev–Trinajstić information content (AvgIpc) is 2.32.